The van der Waals surface area contributed by atoms with Crippen molar-refractivity contribution in [3.05, 3.63) is 24.3 Å². The van der Waals surface area contributed by atoms with Crippen LogP contribution >= 0.6 is 11.8 Å². The van der Waals surface area contributed by atoms with E-state index in [1.807, 2.05) is 0 Å². The molecular weight excluding hydrogens is 228 g/mol. The van der Waals surface area contributed by atoms with Crippen LogP contribution in [0.4, 0.5) is 10.5 Å². The Morgan fingerprint density at radius 3 is 2.50 bits per heavy atom. The summed E-state index contributed by atoms with van der Waals surface area (Å²) in [6.45, 7) is 0. The van der Waals surface area contributed by atoms with Gasteiger partial charge in [-0.15, -0.1) is 0 Å². The maximum Gasteiger partial charge on any atom is 0.288 e. The molecule has 1 saturated heterocycles. The summed E-state index contributed by atoms with van der Waals surface area (Å²) >= 11 is 0.937. The number of thioether (sulfide) groups is 1. The summed E-state index contributed by atoms with van der Waals surface area (Å²) < 4.78 is 5.01. The van der Waals surface area contributed by atoms with Gasteiger partial charge in [0.15, 0.2) is 5.37 Å². The molecule has 16 heavy (non-hydrogen) atoms. The third kappa shape index (κ3) is 2.27. The van der Waals surface area contributed by atoms with Gasteiger partial charge in [-0.2, -0.15) is 0 Å². The molecule has 1 aromatic carbocycles. The van der Waals surface area contributed by atoms with E-state index in [1.54, 1.807) is 31.4 Å². The summed E-state index contributed by atoms with van der Waals surface area (Å²) in [4.78, 5) is 22.2. The Balaban J connectivity index is 2.03. The molecular formula is C10H10N2O3S. The molecule has 0 spiro atoms. The van der Waals surface area contributed by atoms with E-state index < -0.39 is 5.37 Å². The second kappa shape index (κ2) is 4.44. The van der Waals surface area contributed by atoms with Crippen LogP contribution < -0.4 is 15.4 Å². The Kier molecular flexibility index (Phi) is 3.00. The highest BCUT2D eigenvalue weighted by Gasteiger charge is 2.31. The lowest BCUT2D eigenvalue weighted by molar-refractivity contribution is -0.118. The van der Waals surface area contributed by atoms with Gasteiger partial charge in [-0.05, 0) is 36.0 Å². The summed E-state index contributed by atoms with van der Waals surface area (Å²) in [5.74, 6) is 0.427. The first-order chi connectivity index (χ1) is 7.69. The predicted molar refractivity (Wildman–Crippen MR) is 61.5 cm³/mol. The van der Waals surface area contributed by atoms with Gasteiger partial charge in [0.25, 0.3) is 11.1 Å². The number of rotatable bonds is 3. The Morgan fingerprint density at radius 1 is 1.31 bits per heavy atom. The van der Waals surface area contributed by atoms with Crippen molar-refractivity contribution in [2.45, 2.75) is 5.37 Å². The summed E-state index contributed by atoms with van der Waals surface area (Å²) in [6, 6.07) is 7.13. The minimum atomic E-state index is -0.555. The Hall–Kier alpha value is -1.69. The van der Waals surface area contributed by atoms with Crippen LogP contribution in [0.5, 0.6) is 5.75 Å². The molecule has 2 rings (SSSR count). The maximum atomic E-state index is 11.3. The fourth-order valence-corrected chi connectivity index (χ4v) is 2.02. The molecule has 2 N–H and O–H groups in total. The monoisotopic (exact) mass is 238 g/mol. The maximum absolute atomic E-state index is 11.3. The topological polar surface area (TPSA) is 67.4 Å². The third-order valence-corrected chi connectivity index (χ3v) is 2.96. The van der Waals surface area contributed by atoms with E-state index in [0.29, 0.717) is 0 Å². The van der Waals surface area contributed by atoms with E-state index in [0.717, 1.165) is 23.2 Å². The average Bonchev–Trinajstić information content (AvgIpc) is 2.59. The van der Waals surface area contributed by atoms with Gasteiger partial charge in [0.05, 0.1) is 7.11 Å². The smallest absolute Gasteiger partial charge is 0.288 e. The van der Waals surface area contributed by atoms with Gasteiger partial charge >= 0.3 is 0 Å². The summed E-state index contributed by atoms with van der Waals surface area (Å²) in [5, 5.41) is 4.28. The van der Waals surface area contributed by atoms with Crippen molar-refractivity contribution >= 4 is 28.6 Å². The van der Waals surface area contributed by atoms with Crippen molar-refractivity contribution < 1.29 is 14.3 Å². The largest absolute Gasteiger partial charge is 0.497 e. The molecule has 0 radical (unpaired) electrons. The number of ether oxygens (including phenoxy) is 1. The molecule has 0 aliphatic carbocycles. The van der Waals surface area contributed by atoms with Crippen LogP contribution in [0.3, 0.4) is 0 Å². The number of hydrogen-bond donors (Lipinski definition) is 2. The van der Waals surface area contributed by atoms with Gasteiger partial charge in [-0.25, -0.2) is 0 Å². The van der Waals surface area contributed by atoms with E-state index in [4.69, 9.17) is 4.74 Å². The van der Waals surface area contributed by atoms with Crippen LogP contribution in [0.15, 0.2) is 24.3 Å². The fraction of sp³-hybridized carbons (Fsp3) is 0.200. The van der Waals surface area contributed by atoms with Gasteiger partial charge in [-0.1, -0.05) is 0 Å². The van der Waals surface area contributed by atoms with E-state index in [9.17, 15) is 9.59 Å². The van der Waals surface area contributed by atoms with Crippen molar-refractivity contribution in [2.24, 2.45) is 0 Å². The van der Waals surface area contributed by atoms with Gasteiger partial charge < -0.3 is 10.1 Å². The number of hydrogen-bond acceptors (Lipinski definition) is 5. The van der Waals surface area contributed by atoms with Crippen molar-refractivity contribution in [1.82, 2.24) is 5.32 Å². The van der Waals surface area contributed by atoms with Crippen LogP contribution in [0, 0.1) is 0 Å². The van der Waals surface area contributed by atoms with Crippen molar-refractivity contribution in [2.75, 3.05) is 12.4 Å². The van der Waals surface area contributed by atoms with E-state index in [2.05, 4.69) is 10.6 Å². The minimum Gasteiger partial charge on any atom is -0.497 e. The number of carbonyl (C=O) groups is 2. The number of methoxy groups -OCH3 is 1. The lowest BCUT2D eigenvalue weighted by atomic mass is 10.3. The lowest BCUT2D eigenvalue weighted by Crippen LogP contribution is -2.29. The highest BCUT2D eigenvalue weighted by atomic mass is 32.2. The average molecular weight is 238 g/mol. The summed E-state index contributed by atoms with van der Waals surface area (Å²) in [5.41, 5.74) is 0.767. The number of imide groups is 1. The van der Waals surface area contributed by atoms with Crippen LogP contribution in [-0.4, -0.2) is 23.6 Å². The molecule has 0 aromatic heterocycles. The molecule has 0 bridgehead atoms. The number of carbonyl (C=O) groups excluding carboxylic acids is 2. The molecule has 1 aliphatic rings. The first kappa shape index (κ1) is 10.8. The first-order valence-corrected chi connectivity index (χ1v) is 5.49. The van der Waals surface area contributed by atoms with Crippen LogP contribution in [0.25, 0.3) is 0 Å². The second-order valence-electron chi connectivity index (χ2n) is 3.15. The Labute approximate surface area is 96.5 Å². The highest BCUT2D eigenvalue weighted by molar-refractivity contribution is 8.15. The van der Waals surface area contributed by atoms with Gasteiger partial charge in [0.1, 0.15) is 5.75 Å². The number of anilines is 1. The molecule has 1 unspecified atom stereocenters. The molecule has 1 fully saturated rings. The normalized spacial score (nSPS) is 19.4. The number of amides is 2. The molecule has 0 saturated carbocycles. The summed E-state index contributed by atoms with van der Waals surface area (Å²) in [7, 11) is 1.58. The van der Waals surface area contributed by atoms with E-state index in [1.165, 1.54) is 0 Å². The molecule has 1 aromatic rings. The fourth-order valence-electron chi connectivity index (χ4n) is 1.29. The highest BCUT2D eigenvalue weighted by Crippen LogP contribution is 2.22. The molecule has 1 atom stereocenters. The molecule has 84 valence electrons. The standard InChI is InChI=1S/C10H10N2O3S/c1-15-7-4-2-6(3-5-7)11-9-8(13)12-10(14)16-9/h2-5,9,11H,1H3,(H,12,13,14). The first-order valence-electron chi connectivity index (χ1n) is 4.61. The zero-order valence-electron chi connectivity index (χ0n) is 8.52. The molecule has 2 amide bonds. The quantitative estimate of drug-likeness (QED) is 0.833. The minimum absolute atomic E-state index is 0.314. The molecule has 5 nitrogen and oxygen atoms in total. The van der Waals surface area contributed by atoms with Gasteiger partial charge in [0, 0.05) is 5.69 Å². The summed E-state index contributed by atoms with van der Waals surface area (Å²) in [6.07, 6.45) is 0. The Morgan fingerprint density at radius 2 is 2.00 bits per heavy atom. The van der Waals surface area contributed by atoms with Crippen LogP contribution in [0.2, 0.25) is 0 Å². The second-order valence-corrected chi connectivity index (χ2v) is 4.23. The van der Waals surface area contributed by atoms with E-state index in [-0.39, 0.29) is 11.1 Å². The lowest BCUT2D eigenvalue weighted by Gasteiger charge is -2.10. The zero-order valence-corrected chi connectivity index (χ0v) is 9.34. The molecule has 1 aliphatic heterocycles. The van der Waals surface area contributed by atoms with Crippen molar-refractivity contribution in [1.29, 1.82) is 0 Å². The van der Waals surface area contributed by atoms with E-state index >= 15 is 0 Å². The van der Waals surface area contributed by atoms with Crippen molar-refractivity contribution in [3.8, 4) is 5.75 Å². The predicted octanol–water partition coefficient (Wildman–Crippen LogP) is 1.42. The number of benzene rings is 1. The Bertz CT molecular complexity index is 419. The molecule has 1 heterocycles. The van der Waals surface area contributed by atoms with Crippen LogP contribution in [0.1, 0.15) is 0 Å². The van der Waals surface area contributed by atoms with Gasteiger partial charge in [0.2, 0.25) is 0 Å². The van der Waals surface area contributed by atoms with Crippen LogP contribution in [-0.2, 0) is 4.79 Å². The van der Waals surface area contributed by atoms with Gasteiger partial charge in [-0.3, -0.25) is 14.9 Å². The molecule has 6 heteroatoms. The third-order valence-electron chi connectivity index (χ3n) is 2.08. The van der Waals surface area contributed by atoms with Crippen molar-refractivity contribution in [3.63, 3.8) is 0 Å². The number of nitrogens with one attached hydrogen (secondary N) is 2. The zero-order chi connectivity index (χ0) is 11.5. The SMILES string of the molecule is COc1ccc(NC2SC(=O)NC2=O)cc1.